The van der Waals surface area contributed by atoms with Crippen LogP contribution < -0.4 is 0 Å². The first-order chi connectivity index (χ1) is 8.00. The lowest BCUT2D eigenvalue weighted by atomic mass is 9.98. The van der Waals surface area contributed by atoms with Crippen LogP contribution in [0.15, 0.2) is 29.4 Å². The van der Waals surface area contributed by atoms with Gasteiger partial charge in [0.05, 0.1) is 5.71 Å². The Morgan fingerprint density at radius 1 is 1.12 bits per heavy atom. The minimum absolute atomic E-state index is 0.417. The van der Waals surface area contributed by atoms with Crippen molar-refractivity contribution < 1.29 is 4.84 Å². The van der Waals surface area contributed by atoms with Crippen LogP contribution in [0.25, 0.3) is 0 Å². The summed E-state index contributed by atoms with van der Waals surface area (Å²) in [5.74, 6) is 0.834. The molecule has 0 aliphatic carbocycles. The number of hydrogen-bond acceptors (Lipinski definition) is 2. The fraction of sp³-hybridized carbons (Fsp3) is 0.500. The summed E-state index contributed by atoms with van der Waals surface area (Å²) in [7, 11) is 0. The minimum Gasteiger partial charge on any atom is -0.391 e. The summed E-state index contributed by atoms with van der Waals surface area (Å²) in [4.78, 5) is 5.39. The molecule has 0 N–H and O–H groups in total. The van der Waals surface area contributed by atoms with Crippen molar-refractivity contribution in [3.63, 3.8) is 0 Å². The standard InChI is InChI=1S/C14H20ClNO/c1-10(2)14(11(3)4)16-17-9-12-5-7-13(15)8-6-12/h5-8,10-11H,9H2,1-4H3. The van der Waals surface area contributed by atoms with Crippen molar-refractivity contribution in [2.75, 3.05) is 0 Å². The van der Waals surface area contributed by atoms with Gasteiger partial charge in [-0.25, -0.2) is 0 Å². The summed E-state index contributed by atoms with van der Waals surface area (Å²) in [6, 6.07) is 7.61. The number of nitrogens with zero attached hydrogens (tertiary/aromatic N) is 1. The van der Waals surface area contributed by atoms with Gasteiger partial charge >= 0.3 is 0 Å². The van der Waals surface area contributed by atoms with E-state index in [4.69, 9.17) is 16.4 Å². The molecule has 0 aromatic heterocycles. The predicted molar refractivity (Wildman–Crippen MR) is 73.4 cm³/mol. The van der Waals surface area contributed by atoms with Gasteiger partial charge in [0.1, 0.15) is 6.61 Å². The van der Waals surface area contributed by atoms with E-state index in [1.807, 2.05) is 24.3 Å². The van der Waals surface area contributed by atoms with E-state index in [1.165, 1.54) is 0 Å². The Bertz CT molecular complexity index is 358. The molecule has 1 aromatic rings. The summed E-state index contributed by atoms with van der Waals surface area (Å²) >= 11 is 5.81. The molecule has 0 heterocycles. The maximum Gasteiger partial charge on any atom is 0.142 e. The Hall–Kier alpha value is -1.02. The average molecular weight is 254 g/mol. The van der Waals surface area contributed by atoms with Crippen LogP contribution in [0.2, 0.25) is 5.02 Å². The van der Waals surface area contributed by atoms with Crippen molar-refractivity contribution in [1.82, 2.24) is 0 Å². The summed E-state index contributed by atoms with van der Waals surface area (Å²) < 4.78 is 0. The molecule has 1 rings (SSSR count). The van der Waals surface area contributed by atoms with E-state index in [1.54, 1.807) is 0 Å². The van der Waals surface area contributed by atoms with Gasteiger partial charge in [-0.3, -0.25) is 0 Å². The van der Waals surface area contributed by atoms with Gasteiger partial charge in [0.25, 0.3) is 0 Å². The van der Waals surface area contributed by atoms with Crippen LogP contribution in [0, 0.1) is 11.8 Å². The number of hydrogen-bond donors (Lipinski definition) is 0. The van der Waals surface area contributed by atoms with E-state index in [2.05, 4.69) is 32.9 Å². The van der Waals surface area contributed by atoms with Crippen molar-refractivity contribution in [2.24, 2.45) is 17.0 Å². The summed E-state index contributed by atoms with van der Waals surface area (Å²) in [5, 5.41) is 4.96. The molecular weight excluding hydrogens is 234 g/mol. The molecule has 17 heavy (non-hydrogen) atoms. The van der Waals surface area contributed by atoms with Crippen LogP contribution in [0.1, 0.15) is 33.3 Å². The van der Waals surface area contributed by atoms with E-state index in [0.717, 1.165) is 16.3 Å². The smallest absolute Gasteiger partial charge is 0.142 e. The lowest BCUT2D eigenvalue weighted by molar-refractivity contribution is 0.127. The second-order valence-corrected chi connectivity index (χ2v) is 5.16. The predicted octanol–water partition coefficient (Wildman–Crippen LogP) is 4.52. The van der Waals surface area contributed by atoms with Crippen molar-refractivity contribution in [2.45, 2.75) is 34.3 Å². The molecule has 3 heteroatoms. The third-order valence-corrected chi connectivity index (χ3v) is 2.75. The number of oxime groups is 1. The molecule has 0 amide bonds. The molecule has 0 spiro atoms. The fourth-order valence-corrected chi connectivity index (χ4v) is 1.77. The first kappa shape index (κ1) is 14.0. The highest BCUT2D eigenvalue weighted by Crippen LogP contribution is 2.12. The first-order valence-electron chi connectivity index (χ1n) is 5.95. The lowest BCUT2D eigenvalue weighted by Crippen LogP contribution is -2.15. The van der Waals surface area contributed by atoms with Crippen LogP contribution in [-0.2, 0) is 11.4 Å². The zero-order valence-corrected chi connectivity index (χ0v) is 11.7. The molecule has 2 nitrogen and oxygen atoms in total. The second kappa shape index (κ2) is 6.65. The van der Waals surface area contributed by atoms with E-state index in [-0.39, 0.29) is 0 Å². The SMILES string of the molecule is CC(C)C(=NOCc1ccc(Cl)cc1)C(C)C. The molecule has 0 aliphatic heterocycles. The van der Waals surface area contributed by atoms with Gasteiger partial charge in [-0.2, -0.15) is 0 Å². The quantitative estimate of drug-likeness (QED) is 0.558. The zero-order valence-electron chi connectivity index (χ0n) is 10.9. The van der Waals surface area contributed by atoms with Crippen LogP contribution >= 0.6 is 11.6 Å². The zero-order chi connectivity index (χ0) is 12.8. The second-order valence-electron chi connectivity index (χ2n) is 4.73. The molecular formula is C14H20ClNO. The molecule has 0 bridgehead atoms. The molecule has 0 unspecified atom stereocenters. The molecule has 0 fully saturated rings. The number of benzene rings is 1. The third-order valence-electron chi connectivity index (χ3n) is 2.50. The van der Waals surface area contributed by atoms with Gasteiger partial charge in [-0.1, -0.05) is 56.6 Å². The van der Waals surface area contributed by atoms with Gasteiger partial charge in [-0.05, 0) is 29.5 Å². The molecule has 1 aromatic carbocycles. The van der Waals surface area contributed by atoms with Crippen molar-refractivity contribution in [1.29, 1.82) is 0 Å². The van der Waals surface area contributed by atoms with Crippen LogP contribution in [0.5, 0.6) is 0 Å². The highest BCUT2D eigenvalue weighted by molar-refractivity contribution is 6.30. The van der Waals surface area contributed by atoms with Gasteiger partial charge < -0.3 is 4.84 Å². The van der Waals surface area contributed by atoms with Crippen LogP contribution in [0.3, 0.4) is 0 Å². The monoisotopic (exact) mass is 253 g/mol. The summed E-state index contributed by atoms with van der Waals surface area (Å²) in [5.41, 5.74) is 2.17. The fourth-order valence-electron chi connectivity index (χ4n) is 1.64. The van der Waals surface area contributed by atoms with E-state index in [9.17, 15) is 0 Å². The average Bonchev–Trinajstić information content (AvgIpc) is 2.25. The molecule has 0 radical (unpaired) electrons. The molecule has 0 saturated carbocycles. The van der Waals surface area contributed by atoms with Gasteiger partial charge in [0, 0.05) is 5.02 Å². The summed E-state index contributed by atoms with van der Waals surface area (Å²) in [6.07, 6.45) is 0. The Kier molecular flexibility index (Phi) is 5.49. The molecule has 0 aliphatic rings. The Morgan fingerprint density at radius 2 is 1.65 bits per heavy atom. The van der Waals surface area contributed by atoms with Crippen molar-refractivity contribution in [3.05, 3.63) is 34.9 Å². The topological polar surface area (TPSA) is 21.6 Å². The molecule has 94 valence electrons. The van der Waals surface area contributed by atoms with E-state index >= 15 is 0 Å². The van der Waals surface area contributed by atoms with E-state index in [0.29, 0.717) is 18.4 Å². The van der Waals surface area contributed by atoms with Gasteiger partial charge in [0.15, 0.2) is 0 Å². The highest BCUT2D eigenvalue weighted by atomic mass is 35.5. The summed E-state index contributed by atoms with van der Waals surface area (Å²) in [6.45, 7) is 9.00. The normalized spacial score (nSPS) is 10.8. The Morgan fingerprint density at radius 3 is 2.12 bits per heavy atom. The largest absolute Gasteiger partial charge is 0.391 e. The van der Waals surface area contributed by atoms with Crippen molar-refractivity contribution in [3.8, 4) is 0 Å². The maximum absolute atomic E-state index is 5.81. The van der Waals surface area contributed by atoms with Crippen LogP contribution in [0.4, 0.5) is 0 Å². The van der Waals surface area contributed by atoms with E-state index < -0.39 is 0 Å². The number of halogens is 1. The van der Waals surface area contributed by atoms with Crippen LogP contribution in [-0.4, -0.2) is 5.71 Å². The van der Waals surface area contributed by atoms with Gasteiger partial charge in [0.2, 0.25) is 0 Å². The minimum atomic E-state index is 0.417. The number of rotatable bonds is 5. The maximum atomic E-state index is 5.81. The van der Waals surface area contributed by atoms with Crippen molar-refractivity contribution >= 4 is 17.3 Å². The molecule has 0 saturated heterocycles. The third kappa shape index (κ3) is 4.78. The first-order valence-corrected chi connectivity index (χ1v) is 6.32. The Labute approximate surface area is 109 Å². The Balaban J connectivity index is 2.55. The lowest BCUT2D eigenvalue weighted by Gasteiger charge is -2.13. The molecule has 0 atom stereocenters. The van der Waals surface area contributed by atoms with Gasteiger partial charge in [-0.15, -0.1) is 0 Å². The highest BCUT2D eigenvalue weighted by Gasteiger charge is 2.10.